The molecule has 7 heteroatoms. The fourth-order valence-electron chi connectivity index (χ4n) is 4.04. The van der Waals surface area contributed by atoms with E-state index in [0.29, 0.717) is 12.0 Å². The normalized spacial score (nSPS) is 21.6. The highest BCUT2D eigenvalue weighted by molar-refractivity contribution is 14.0. The third-order valence-corrected chi connectivity index (χ3v) is 5.67. The number of guanidine groups is 1. The zero-order valence-electron chi connectivity index (χ0n) is 17.7. The number of likely N-dealkylation sites (tertiary alicyclic amines) is 1. The number of nitrogens with one attached hydrogen (secondary N) is 1. The predicted octanol–water partition coefficient (Wildman–Crippen LogP) is 2.91. The minimum Gasteiger partial charge on any atom is -0.357 e. The molecule has 1 aromatic heterocycles. The molecule has 2 fully saturated rings. The first-order valence-corrected chi connectivity index (χ1v) is 10.6. The van der Waals surface area contributed by atoms with Gasteiger partial charge in [-0.05, 0) is 58.2 Å². The maximum absolute atomic E-state index is 5.02. The fraction of sp³-hybridized carbons (Fsp3) is 0.714. The van der Waals surface area contributed by atoms with Gasteiger partial charge in [0, 0.05) is 58.1 Å². The molecule has 0 spiro atoms. The Hall–Kier alpha value is -1.09. The summed E-state index contributed by atoms with van der Waals surface area (Å²) < 4.78 is 0. The Kier molecular flexibility index (Phi) is 9.77. The fourth-order valence-corrected chi connectivity index (χ4v) is 4.04. The molecule has 0 bridgehead atoms. The van der Waals surface area contributed by atoms with Gasteiger partial charge in [0.15, 0.2) is 5.96 Å². The van der Waals surface area contributed by atoms with Gasteiger partial charge in [-0.3, -0.25) is 4.99 Å². The Morgan fingerprint density at radius 3 is 2.64 bits per heavy atom. The second-order valence-corrected chi connectivity index (χ2v) is 7.95. The van der Waals surface area contributed by atoms with E-state index >= 15 is 0 Å². The molecule has 2 aliphatic heterocycles. The molecule has 1 unspecified atom stereocenters. The van der Waals surface area contributed by atoms with Crippen molar-refractivity contribution in [1.29, 1.82) is 0 Å². The molecule has 6 nitrogen and oxygen atoms in total. The average molecular weight is 500 g/mol. The van der Waals surface area contributed by atoms with E-state index in [1.165, 1.54) is 25.9 Å². The van der Waals surface area contributed by atoms with Gasteiger partial charge in [-0.15, -0.1) is 24.0 Å². The van der Waals surface area contributed by atoms with Crippen LogP contribution in [-0.4, -0.2) is 79.1 Å². The van der Waals surface area contributed by atoms with Crippen LogP contribution >= 0.6 is 24.0 Å². The molecule has 28 heavy (non-hydrogen) atoms. The third kappa shape index (κ3) is 6.47. The molecular weight excluding hydrogens is 463 g/mol. The number of piperidine rings is 1. The minimum atomic E-state index is 0. The van der Waals surface area contributed by atoms with Crippen molar-refractivity contribution in [3.63, 3.8) is 0 Å². The molecule has 0 saturated carbocycles. The SMILES string of the molecule is CCNC(=NCC1CCCN(C(C)C)C1)N1CCN(c2ccccn2)CC1.I. The first-order valence-electron chi connectivity index (χ1n) is 10.6. The average Bonchev–Trinajstić information content (AvgIpc) is 2.72. The summed E-state index contributed by atoms with van der Waals surface area (Å²) in [6.45, 7) is 15.0. The molecule has 0 aliphatic carbocycles. The van der Waals surface area contributed by atoms with E-state index in [1.807, 2.05) is 12.3 Å². The zero-order chi connectivity index (χ0) is 19.1. The van der Waals surface area contributed by atoms with Gasteiger partial charge in [0.2, 0.25) is 0 Å². The van der Waals surface area contributed by atoms with Gasteiger partial charge in [0.1, 0.15) is 5.82 Å². The van der Waals surface area contributed by atoms with Gasteiger partial charge in [0.25, 0.3) is 0 Å². The number of piperazine rings is 1. The lowest BCUT2D eigenvalue weighted by molar-refractivity contribution is 0.143. The van der Waals surface area contributed by atoms with E-state index in [4.69, 9.17) is 4.99 Å². The summed E-state index contributed by atoms with van der Waals surface area (Å²) in [5.74, 6) is 2.85. The molecule has 0 radical (unpaired) electrons. The number of aromatic nitrogens is 1. The summed E-state index contributed by atoms with van der Waals surface area (Å²) >= 11 is 0. The molecule has 158 valence electrons. The molecule has 1 N–H and O–H groups in total. The molecule has 2 aliphatic rings. The Morgan fingerprint density at radius 2 is 2.00 bits per heavy atom. The molecule has 3 heterocycles. The summed E-state index contributed by atoms with van der Waals surface area (Å²) in [6, 6.07) is 6.77. The maximum atomic E-state index is 5.02. The Labute approximate surface area is 187 Å². The van der Waals surface area contributed by atoms with E-state index in [2.05, 4.69) is 57.9 Å². The summed E-state index contributed by atoms with van der Waals surface area (Å²) in [5.41, 5.74) is 0. The van der Waals surface area contributed by atoms with Gasteiger partial charge in [-0.25, -0.2) is 4.98 Å². The molecule has 1 atom stereocenters. The summed E-state index contributed by atoms with van der Waals surface area (Å²) in [7, 11) is 0. The molecule has 1 aromatic rings. The van der Waals surface area contributed by atoms with E-state index in [1.54, 1.807) is 0 Å². The van der Waals surface area contributed by atoms with Crippen LogP contribution in [0.3, 0.4) is 0 Å². The Balaban J connectivity index is 0.00000280. The highest BCUT2D eigenvalue weighted by Gasteiger charge is 2.23. The van der Waals surface area contributed by atoms with Crippen molar-refractivity contribution in [1.82, 2.24) is 20.1 Å². The van der Waals surface area contributed by atoms with Crippen LogP contribution in [0.25, 0.3) is 0 Å². The smallest absolute Gasteiger partial charge is 0.194 e. The molecule has 2 saturated heterocycles. The summed E-state index contributed by atoms with van der Waals surface area (Å²) in [4.78, 5) is 16.9. The van der Waals surface area contributed by atoms with Crippen LogP contribution in [0.1, 0.15) is 33.6 Å². The van der Waals surface area contributed by atoms with Crippen molar-refractivity contribution in [2.45, 2.75) is 39.7 Å². The zero-order valence-corrected chi connectivity index (χ0v) is 20.0. The van der Waals surface area contributed by atoms with Gasteiger partial charge < -0.3 is 20.0 Å². The monoisotopic (exact) mass is 500 g/mol. The standard InChI is InChI=1S/C21H36N6.HI/c1-4-22-21(24-16-19-8-7-11-27(17-19)18(2)3)26-14-12-25(13-15-26)20-9-5-6-10-23-20;/h5-6,9-10,18-19H,4,7-8,11-17H2,1-3H3,(H,22,24);1H. The van der Waals surface area contributed by atoms with E-state index < -0.39 is 0 Å². The van der Waals surface area contributed by atoms with E-state index in [0.717, 1.165) is 51.0 Å². The number of aliphatic imine (C=N–C) groups is 1. The Bertz CT molecular complexity index is 586. The van der Waals surface area contributed by atoms with Crippen LogP contribution < -0.4 is 10.2 Å². The van der Waals surface area contributed by atoms with Crippen LogP contribution in [0.4, 0.5) is 5.82 Å². The predicted molar refractivity (Wildman–Crippen MR) is 129 cm³/mol. The summed E-state index contributed by atoms with van der Waals surface area (Å²) in [6.07, 6.45) is 4.48. The van der Waals surface area contributed by atoms with Crippen LogP contribution in [0, 0.1) is 5.92 Å². The van der Waals surface area contributed by atoms with Gasteiger partial charge in [-0.1, -0.05) is 6.07 Å². The largest absolute Gasteiger partial charge is 0.357 e. The van der Waals surface area contributed by atoms with Crippen molar-refractivity contribution in [2.75, 3.05) is 57.3 Å². The van der Waals surface area contributed by atoms with Gasteiger partial charge in [-0.2, -0.15) is 0 Å². The van der Waals surface area contributed by atoms with Crippen LogP contribution in [0.5, 0.6) is 0 Å². The summed E-state index contributed by atoms with van der Waals surface area (Å²) in [5, 5.41) is 3.51. The minimum absolute atomic E-state index is 0. The lowest BCUT2D eigenvalue weighted by atomic mass is 9.97. The highest BCUT2D eigenvalue weighted by Crippen LogP contribution is 2.19. The number of rotatable bonds is 5. The third-order valence-electron chi connectivity index (χ3n) is 5.67. The van der Waals surface area contributed by atoms with Crippen molar-refractivity contribution >= 4 is 35.8 Å². The van der Waals surface area contributed by atoms with Crippen LogP contribution in [0.2, 0.25) is 0 Å². The number of halogens is 1. The van der Waals surface area contributed by atoms with Crippen LogP contribution in [-0.2, 0) is 0 Å². The van der Waals surface area contributed by atoms with Gasteiger partial charge >= 0.3 is 0 Å². The number of anilines is 1. The first-order chi connectivity index (χ1) is 13.2. The van der Waals surface area contributed by atoms with Crippen molar-refractivity contribution in [2.24, 2.45) is 10.9 Å². The van der Waals surface area contributed by atoms with Crippen molar-refractivity contribution in [3.8, 4) is 0 Å². The molecular formula is C21H37IN6. The quantitative estimate of drug-likeness (QED) is 0.383. The Morgan fingerprint density at radius 1 is 1.21 bits per heavy atom. The van der Waals surface area contributed by atoms with Gasteiger partial charge in [0.05, 0.1) is 0 Å². The second kappa shape index (κ2) is 11.8. The first kappa shape index (κ1) is 23.2. The van der Waals surface area contributed by atoms with Crippen LogP contribution in [0.15, 0.2) is 29.4 Å². The maximum Gasteiger partial charge on any atom is 0.194 e. The van der Waals surface area contributed by atoms with E-state index in [9.17, 15) is 0 Å². The lowest BCUT2D eigenvalue weighted by Crippen LogP contribution is -2.53. The second-order valence-electron chi connectivity index (χ2n) is 7.95. The molecule has 0 aromatic carbocycles. The highest BCUT2D eigenvalue weighted by atomic mass is 127. The number of hydrogen-bond acceptors (Lipinski definition) is 4. The van der Waals surface area contributed by atoms with E-state index in [-0.39, 0.29) is 24.0 Å². The van der Waals surface area contributed by atoms with Crippen molar-refractivity contribution in [3.05, 3.63) is 24.4 Å². The molecule has 0 amide bonds. The lowest BCUT2D eigenvalue weighted by Gasteiger charge is -2.38. The number of nitrogens with zero attached hydrogens (tertiary/aromatic N) is 5. The number of pyridine rings is 1. The van der Waals surface area contributed by atoms with Crippen molar-refractivity contribution < 1.29 is 0 Å². The topological polar surface area (TPSA) is 47.0 Å². The number of hydrogen-bond donors (Lipinski definition) is 1. The molecule has 3 rings (SSSR count).